The number of nitro groups is 1. The van der Waals surface area contributed by atoms with Crippen LogP contribution in [0.15, 0.2) is 83.5 Å². The van der Waals surface area contributed by atoms with Crippen molar-refractivity contribution < 1.29 is 14.1 Å². The number of aromatic amines is 1. The van der Waals surface area contributed by atoms with Crippen LogP contribution < -0.4 is 0 Å². The summed E-state index contributed by atoms with van der Waals surface area (Å²) in [6, 6.07) is 22.1. The molecule has 0 unspecified atom stereocenters. The van der Waals surface area contributed by atoms with E-state index in [0.717, 1.165) is 26.5 Å². The molecule has 1 aromatic heterocycles. The lowest BCUT2D eigenvalue weighted by molar-refractivity contribution is -0.385. The third-order valence-corrected chi connectivity index (χ3v) is 13.3. The summed E-state index contributed by atoms with van der Waals surface area (Å²) in [6.45, 7) is 11.8. The van der Waals surface area contributed by atoms with Crippen LogP contribution in [0.1, 0.15) is 43.5 Å². The van der Waals surface area contributed by atoms with Crippen molar-refractivity contribution in [2.75, 3.05) is 13.2 Å². The second kappa shape index (κ2) is 12.7. The lowest BCUT2D eigenvalue weighted by Crippen LogP contribution is -2.45. The molecule has 216 valence electrons. The third kappa shape index (κ3) is 7.15. The van der Waals surface area contributed by atoms with Crippen LogP contribution in [0.3, 0.4) is 0 Å². The minimum Gasteiger partial charge on any atom is -0.414 e. The Morgan fingerprint density at radius 1 is 1.02 bits per heavy atom. The predicted molar refractivity (Wildman–Crippen MR) is 171 cm³/mol. The SMILES string of the molecule is CC(C)(C)[Si](C)(C)OC[C@H](c1ccccc1)N(CCc1c[nH]c2cccc(Br)c12)C(=O)Cc1ccccc1[N+](=O)[O-]. The van der Waals surface area contributed by atoms with Gasteiger partial charge in [0.05, 0.1) is 24.0 Å². The molecule has 0 bridgehead atoms. The van der Waals surface area contributed by atoms with E-state index >= 15 is 0 Å². The molecule has 4 aromatic rings. The number of carbonyl (C=O) groups excluding carboxylic acids is 1. The predicted octanol–water partition coefficient (Wildman–Crippen LogP) is 8.22. The fourth-order valence-corrected chi connectivity index (χ4v) is 6.38. The summed E-state index contributed by atoms with van der Waals surface area (Å²) in [4.78, 5) is 30.7. The molecule has 0 aliphatic heterocycles. The third-order valence-electron chi connectivity index (χ3n) is 8.18. The average molecular weight is 637 g/mol. The van der Waals surface area contributed by atoms with Gasteiger partial charge in [-0.2, -0.15) is 0 Å². The molecule has 3 aromatic carbocycles. The van der Waals surface area contributed by atoms with Gasteiger partial charge >= 0.3 is 0 Å². The molecule has 0 spiro atoms. The Morgan fingerprint density at radius 3 is 2.39 bits per heavy atom. The standard InChI is InChI=1S/C32H38BrN3O4Si/c1-32(2,3)41(4,5)40-22-29(23-12-7-6-8-13-23)35(30(37)20-24-14-9-10-17-28(24)36(38)39)19-18-25-21-34-27-16-11-15-26(33)31(25)27/h6-17,21,29,34H,18-20,22H2,1-5H3/t29-/m1/s1. The average Bonchev–Trinajstić information content (AvgIpc) is 3.34. The Labute approximate surface area is 251 Å². The Bertz CT molecular complexity index is 1510. The molecule has 0 aliphatic carbocycles. The van der Waals surface area contributed by atoms with Crippen LogP contribution >= 0.6 is 15.9 Å². The van der Waals surface area contributed by atoms with E-state index in [1.54, 1.807) is 18.2 Å². The normalized spacial score (nSPS) is 12.8. The number of H-pyrrole nitrogens is 1. The lowest BCUT2D eigenvalue weighted by Gasteiger charge is -2.39. The van der Waals surface area contributed by atoms with Crippen LogP contribution in [-0.2, 0) is 22.1 Å². The van der Waals surface area contributed by atoms with Crippen LogP contribution in [0, 0.1) is 10.1 Å². The number of carbonyl (C=O) groups is 1. The molecule has 9 heteroatoms. The zero-order valence-electron chi connectivity index (χ0n) is 24.3. The van der Waals surface area contributed by atoms with Crippen molar-refractivity contribution in [3.63, 3.8) is 0 Å². The number of halogens is 1. The number of benzene rings is 3. The van der Waals surface area contributed by atoms with Crippen LogP contribution in [0.25, 0.3) is 10.9 Å². The number of nitro benzene ring substituents is 1. The first kappa shape index (κ1) is 30.7. The summed E-state index contributed by atoms with van der Waals surface area (Å²) in [5.41, 5.74) is 3.44. The fourth-order valence-electron chi connectivity index (χ4n) is 4.75. The Hall–Kier alpha value is -3.27. The molecule has 0 aliphatic rings. The van der Waals surface area contributed by atoms with Crippen molar-refractivity contribution in [1.29, 1.82) is 0 Å². The molecular formula is C32H38BrN3O4Si. The second-order valence-electron chi connectivity index (χ2n) is 11.9. The molecule has 7 nitrogen and oxygen atoms in total. The van der Waals surface area contributed by atoms with E-state index < -0.39 is 13.2 Å². The summed E-state index contributed by atoms with van der Waals surface area (Å²) in [5.74, 6) is -0.175. The number of para-hydroxylation sites is 1. The second-order valence-corrected chi connectivity index (χ2v) is 17.5. The first-order valence-corrected chi connectivity index (χ1v) is 17.5. The number of rotatable bonds is 11. The van der Waals surface area contributed by atoms with E-state index in [1.165, 1.54) is 6.07 Å². The number of hydrogen-bond acceptors (Lipinski definition) is 4. The van der Waals surface area contributed by atoms with Gasteiger partial charge in [-0.25, -0.2) is 0 Å². The number of aromatic nitrogens is 1. The minimum absolute atomic E-state index is 0.00401. The van der Waals surface area contributed by atoms with E-state index in [0.29, 0.717) is 25.1 Å². The monoisotopic (exact) mass is 635 g/mol. The van der Waals surface area contributed by atoms with E-state index in [4.69, 9.17) is 4.43 Å². The first-order valence-electron chi connectivity index (χ1n) is 13.8. The molecule has 1 amide bonds. The van der Waals surface area contributed by atoms with E-state index in [9.17, 15) is 14.9 Å². The highest BCUT2D eigenvalue weighted by atomic mass is 79.9. The van der Waals surface area contributed by atoms with Gasteiger partial charge in [-0.05, 0) is 47.8 Å². The van der Waals surface area contributed by atoms with E-state index in [2.05, 4.69) is 54.8 Å². The highest BCUT2D eigenvalue weighted by Crippen LogP contribution is 2.38. The molecular weight excluding hydrogens is 598 g/mol. The van der Waals surface area contributed by atoms with Gasteiger partial charge < -0.3 is 14.3 Å². The molecule has 41 heavy (non-hydrogen) atoms. The van der Waals surface area contributed by atoms with Crippen LogP contribution in [-0.4, -0.2) is 42.2 Å². The Balaban J connectivity index is 1.72. The van der Waals surface area contributed by atoms with Crippen molar-refractivity contribution in [3.8, 4) is 0 Å². The molecule has 0 radical (unpaired) electrons. The maximum absolute atomic E-state index is 14.2. The van der Waals surface area contributed by atoms with Crippen molar-refractivity contribution >= 4 is 46.7 Å². The number of amides is 1. The van der Waals surface area contributed by atoms with Gasteiger partial charge in [0.2, 0.25) is 5.91 Å². The minimum atomic E-state index is -2.14. The fraction of sp³-hybridized carbons (Fsp3) is 0.344. The van der Waals surface area contributed by atoms with Crippen molar-refractivity contribution in [2.24, 2.45) is 0 Å². The van der Waals surface area contributed by atoms with E-state index in [-0.39, 0.29) is 29.1 Å². The van der Waals surface area contributed by atoms with Gasteiger partial charge in [-0.1, -0.05) is 91.3 Å². The van der Waals surface area contributed by atoms with Crippen molar-refractivity contribution in [1.82, 2.24) is 9.88 Å². The lowest BCUT2D eigenvalue weighted by atomic mass is 10.0. The Morgan fingerprint density at radius 2 is 1.71 bits per heavy atom. The molecule has 1 heterocycles. The topological polar surface area (TPSA) is 88.5 Å². The molecule has 0 saturated heterocycles. The zero-order chi connectivity index (χ0) is 29.8. The molecule has 1 N–H and O–H groups in total. The summed E-state index contributed by atoms with van der Waals surface area (Å²) in [6.07, 6.45) is 2.52. The molecule has 1 atom stereocenters. The smallest absolute Gasteiger partial charge is 0.273 e. The van der Waals surface area contributed by atoms with Crippen molar-refractivity contribution in [3.05, 3.63) is 110 Å². The summed E-state index contributed by atoms with van der Waals surface area (Å²) < 4.78 is 7.69. The first-order chi connectivity index (χ1) is 19.4. The van der Waals surface area contributed by atoms with E-state index in [1.807, 2.05) is 59.6 Å². The molecule has 0 fully saturated rings. The summed E-state index contributed by atoms with van der Waals surface area (Å²) >= 11 is 3.68. The highest BCUT2D eigenvalue weighted by Gasteiger charge is 2.39. The Kier molecular flexibility index (Phi) is 9.51. The highest BCUT2D eigenvalue weighted by molar-refractivity contribution is 9.10. The van der Waals surface area contributed by atoms with Crippen molar-refractivity contribution in [2.45, 2.75) is 57.8 Å². The van der Waals surface area contributed by atoms with Crippen LogP contribution in [0.4, 0.5) is 5.69 Å². The molecule has 0 saturated carbocycles. The quantitative estimate of drug-likeness (QED) is 0.102. The van der Waals surface area contributed by atoms with Gasteiger partial charge in [-0.15, -0.1) is 0 Å². The number of fused-ring (bicyclic) bond motifs is 1. The van der Waals surface area contributed by atoms with Gasteiger partial charge in [0.1, 0.15) is 0 Å². The summed E-state index contributed by atoms with van der Waals surface area (Å²) in [5, 5.41) is 12.8. The van der Waals surface area contributed by atoms with Crippen LogP contribution in [0.5, 0.6) is 0 Å². The van der Waals surface area contributed by atoms with Gasteiger partial charge in [0.15, 0.2) is 8.32 Å². The molecule has 4 rings (SSSR count). The van der Waals surface area contributed by atoms with Crippen LogP contribution in [0.2, 0.25) is 18.1 Å². The zero-order valence-corrected chi connectivity index (χ0v) is 26.9. The van der Waals surface area contributed by atoms with Gasteiger partial charge in [0, 0.05) is 39.7 Å². The number of nitrogens with zero attached hydrogens (tertiary/aromatic N) is 2. The van der Waals surface area contributed by atoms with Gasteiger partial charge in [0.25, 0.3) is 5.69 Å². The number of hydrogen-bond donors (Lipinski definition) is 1. The van der Waals surface area contributed by atoms with Gasteiger partial charge in [-0.3, -0.25) is 14.9 Å². The largest absolute Gasteiger partial charge is 0.414 e. The number of nitrogens with one attached hydrogen (secondary N) is 1. The maximum atomic E-state index is 14.2. The maximum Gasteiger partial charge on any atom is 0.273 e. The summed E-state index contributed by atoms with van der Waals surface area (Å²) in [7, 11) is -2.14.